The summed E-state index contributed by atoms with van der Waals surface area (Å²) in [7, 11) is 3.70. The van der Waals surface area contributed by atoms with Crippen LogP contribution in [0, 0.1) is 0 Å². The summed E-state index contributed by atoms with van der Waals surface area (Å²) >= 11 is 0. The summed E-state index contributed by atoms with van der Waals surface area (Å²) in [4.78, 5) is 29.1. The molecule has 0 spiro atoms. The first-order valence-corrected chi connectivity index (χ1v) is 6.60. The number of nitrogens with zero attached hydrogens (tertiary/aromatic N) is 2. The molecule has 0 atom stereocenters. The SMILES string of the molecule is CN(C)c1cc(C(=O)NC2(CC(=O)O)CCC2)ccn1. The standard InChI is InChI=1S/C14H19N3O3/c1-17(2)11-8-10(4-7-15-11)13(20)16-14(5-3-6-14)9-12(18)19/h4,7-8H,3,5-6,9H2,1-2H3,(H,16,20)(H,18,19). The minimum Gasteiger partial charge on any atom is -0.481 e. The smallest absolute Gasteiger partial charge is 0.305 e. The molecule has 0 aromatic carbocycles. The van der Waals surface area contributed by atoms with Gasteiger partial charge < -0.3 is 15.3 Å². The quantitative estimate of drug-likeness (QED) is 0.847. The van der Waals surface area contributed by atoms with Gasteiger partial charge in [0.15, 0.2) is 0 Å². The molecule has 1 aliphatic rings. The van der Waals surface area contributed by atoms with Gasteiger partial charge in [0.05, 0.1) is 12.0 Å². The lowest BCUT2D eigenvalue weighted by molar-refractivity contribution is -0.139. The van der Waals surface area contributed by atoms with Gasteiger partial charge in [0, 0.05) is 25.9 Å². The molecule has 1 aliphatic carbocycles. The molecule has 6 nitrogen and oxygen atoms in total. The minimum absolute atomic E-state index is 0.0235. The lowest BCUT2D eigenvalue weighted by Gasteiger charge is -2.41. The largest absolute Gasteiger partial charge is 0.481 e. The van der Waals surface area contributed by atoms with E-state index in [0.717, 1.165) is 19.3 Å². The monoisotopic (exact) mass is 277 g/mol. The second-order valence-electron chi connectivity index (χ2n) is 5.46. The molecule has 6 heteroatoms. The van der Waals surface area contributed by atoms with Gasteiger partial charge >= 0.3 is 5.97 Å². The molecule has 0 unspecified atom stereocenters. The number of pyridine rings is 1. The van der Waals surface area contributed by atoms with Crippen LogP contribution in [0.25, 0.3) is 0 Å². The average Bonchev–Trinajstić information content (AvgIpc) is 2.35. The Morgan fingerprint density at radius 2 is 2.15 bits per heavy atom. The van der Waals surface area contributed by atoms with Gasteiger partial charge in [-0.05, 0) is 31.4 Å². The molecule has 1 heterocycles. The summed E-state index contributed by atoms with van der Waals surface area (Å²) in [6, 6.07) is 3.33. The number of carboxylic acid groups (broad SMARTS) is 1. The fourth-order valence-electron chi connectivity index (χ4n) is 2.36. The maximum absolute atomic E-state index is 12.3. The van der Waals surface area contributed by atoms with Crippen molar-refractivity contribution in [3.05, 3.63) is 23.9 Å². The van der Waals surface area contributed by atoms with Crippen LogP contribution < -0.4 is 10.2 Å². The van der Waals surface area contributed by atoms with Crippen LogP contribution in [0.15, 0.2) is 18.3 Å². The zero-order valence-corrected chi connectivity index (χ0v) is 11.7. The van der Waals surface area contributed by atoms with Crippen LogP contribution in [0.1, 0.15) is 36.0 Å². The van der Waals surface area contributed by atoms with Crippen LogP contribution in [0.5, 0.6) is 0 Å². The second kappa shape index (κ2) is 5.48. The molecule has 0 radical (unpaired) electrons. The first-order valence-electron chi connectivity index (χ1n) is 6.60. The van der Waals surface area contributed by atoms with E-state index in [-0.39, 0.29) is 12.3 Å². The molecule has 108 valence electrons. The first-order chi connectivity index (χ1) is 9.42. The predicted molar refractivity (Wildman–Crippen MR) is 74.9 cm³/mol. The Morgan fingerprint density at radius 1 is 1.45 bits per heavy atom. The summed E-state index contributed by atoms with van der Waals surface area (Å²) in [5.41, 5.74) is -0.0786. The molecule has 0 saturated heterocycles. The normalized spacial score (nSPS) is 16.1. The Bertz CT molecular complexity index is 524. The van der Waals surface area contributed by atoms with Gasteiger partial charge in [-0.3, -0.25) is 9.59 Å². The third kappa shape index (κ3) is 3.07. The van der Waals surface area contributed by atoms with E-state index >= 15 is 0 Å². The van der Waals surface area contributed by atoms with Crippen molar-refractivity contribution in [2.24, 2.45) is 0 Å². The number of hydrogen-bond acceptors (Lipinski definition) is 4. The zero-order valence-electron chi connectivity index (χ0n) is 11.7. The van der Waals surface area contributed by atoms with Crippen molar-refractivity contribution in [1.82, 2.24) is 10.3 Å². The number of carbonyl (C=O) groups is 2. The van der Waals surface area contributed by atoms with Crippen LogP contribution in [0.2, 0.25) is 0 Å². The van der Waals surface area contributed by atoms with E-state index < -0.39 is 11.5 Å². The number of hydrogen-bond donors (Lipinski definition) is 2. The van der Waals surface area contributed by atoms with Crippen molar-refractivity contribution >= 4 is 17.7 Å². The molecule has 20 heavy (non-hydrogen) atoms. The molecule has 2 rings (SSSR count). The van der Waals surface area contributed by atoms with Crippen molar-refractivity contribution < 1.29 is 14.7 Å². The number of rotatable bonds is 5. The number of carbonyl (C=O) groups excluding carboxylic acids is 1. The summed E-state index contributed by atoms with van der Waals surface area (Å²) < 4.78 is 0. The highest BCUT2D eigenvalue weighted by Crippen LogP contribution is 2.35. The number of amides is 1. The van der Waals surface area contributed by atoms with Crippen molar-refractivity contribution in [3.63, 3.8) is 0 Å². The van der Waals surface area contributed by atoms with Crippen LogP contribution in [-0.2, 0) is 4.79 Å². The number of nitrogens with one attached hydrogen (secondary N) is 1. The Hall–Kier alpha value is -2.11. The topological polar surface area (TPSA) is 82.5 Å². The van der Waals surface area contributed by atoms with Crippen LogP contribution in [0.4, 0.5) is 5.82 Å². The van der Waals surface area contributed by atoms with E-state index in [1.807, 2.05) is 19.0 Å². The van der Waals surface area contributed by atoms with Crippen LogP contribution in [0.3, 0.4) is 0 Å². The summed E-state index contributed by atoms with van der Waals surface area (Å²) in [6.45, 7) is 0. The van der Waals surface area contributed by atoms with Gasteiger partial charge in [-0.25, -0.2) is 4.98 Å². The molecule has 1 fully saturated rings. The first kappa shape index (κ1) is 14.3. The predicted octanol–water partition coefficient (Wildman–Crippen LogP) is 1.27. The van der Waals surface area contributed by atoms with Gasteiger partial charge in [0.2, 0.25) is 0 Å². The summed E-state index contributed by atoms with van der Waals surface area (Å²) in [5, 5.41) is 11.8. The Kier molecular flexibility index (Phi) is 3.92. The van der Waals surface area contributed by atoms with E-state index in [1.165, 1.54) is 0 Å². The summed E-state index contributed by atoms with van der Waals surface area (Å²) in [6.07, 6.45) is 3.94. The Balaban J connectivity index is 2.11. The average molecular weight is 277 g/mol. The van der Waals surface area contributed by atoms with E-state index in [4.69, 9.17) is 5.11 Å². The third-order valence-electron chi connectivity index (χ3n) is 3.64. The fraction of sp³-hybridized carbons (Fsp3) is 0.500. The summed E-state index contributed by atoms with van der Waals surface area (Å²) in [5.74, 6) is -0.427. The van der Waals surface area contributed by atoms with E-state index in [1.54, 1.807) is 18.3 Å². The lowest BCUT2D eigenvalue weighted by atomic mass is 9.74. The van der Waals surface area contributed by atoms with E-state index in [9.17, 15) is 9.59 Å². The maximum Gasteiger partial charge on any atom is 0.305 e. The number of aliphatic carboxylic acids is 1. The highest BCUT2D eigenvalue weighted by atomic mass is 16.4. The number of aromatic nitrogens is 1. The molecule has 1 saturated carbocycles. The van der Waals surface area contributed by atoms with Crippen molar-refractivity contribution in [2.45, 2.75) is 31.2 Å². The molecule has 0 aliphatic heterocycles. The highest BCUT2D eigenvalue weighted by molar-refractivity contribution is 5.95. The van der Waals surface area contributed by atoms with Gasteiger partial charge in [-0.2, -0.15) is 0 Å². The van der Waals surface area contributed by atoms with Gasteiger partial charge in [-0.15, -0.1) is 0 Å². The molecule has 1 aromatic heterocycles. The zero-order chi connectivity index (χ0) is 14.8. The van der Waals surface area contributed by atoms with Crippen molar-refractivity contribution in [2.75, 3.05) is 19.0 Å². The molecule has 2 N–H and O–H groups in total. The minimum atomic E-state index is -0.881. The second-order valence-corrected chi connectivity index (χ2v) is 5.46. The number of carboxylic acids is 1. The molecule has 1 aromatic rings. The van der Waals surface area contributed by atoms with Crippen LogP contribution >= 0.6 is 0 Å². The van der Waals surface area contributed by atoms with Crippen LogP contribution in [-0.4, -0.2) is 41.6 Å². The highest BCUT2D eigenvalue weighted by Gasteiger charge is 2.40. The fourth-order valence-corrected chi connectivity index (χ4v) is 2.36. The van der Waals surface area contributed by atoms with E-state index in [0.29, 0.717) is 11.4 Å². The molecule has 0 bridgehead atoms. The molecule has 1 amide bonds. The third-order valence-corrected chi connectivity index (χ3v) is 3.64. The van der Waals surface area contributed by atoms with Gasteiger partial charge in [-0.1, -0.05) is 0 Å². The Labute approximate surface area is 117 Å². The van der Waals surface area contributed by atoms with Crippen molar-refractivity contribution in [3.8, 4) is 0 Å². The maximum atomic E-state index is 12.3. The van der Waals surface area contributed by atoms with Gasteiger partial charge in [0.1, 0.15) is 5.82 Å². The van der Waals surface area contributed by atoms with E-state index in [2.05, 4.69) is 10.3 Å². The molecular weight excluding hydrogens is 258 g/mol. The van der Waals surface area contributed by atoms with Gasteiger partial charge in [0.25, 0.3) is 5.91 Å². The number of anilines is 1. The lowest BCUT2D eigenvalue weighted by Crippen LogP contribution is -2.54. The Morgan fingerprint density at radius 3 is 2.65 bits per heavy atom. The molecular formula is C14H19N3O3. The van der Waals surface area contributed by atoms with Crippen molar-refractivity contribution in [1.29, 1.82) is 0 Å².